The molecule has 0 radical (unpaired) electrons. The molecule has 0 heterocycles. The molecular weight excluding hydrogens is 354 g/mol. The Morgan fingerprint density at radius 2 is 1.50 bits per heavy atom. The van der Waals surface area contributed by atoms with Gasteiger partial charge in [0.15, 0.2) is 6.61 Å². The quantitative estimate of drug-likeness (QED) is 0.657. The molecule has 5 heteroatoms. The molecule has 1 saturated carbocycles. The monoisotopic (exact) mass is 383 g/mol. The first-order valence-corrected chi connectivity index (χ1v) is 10.0. The third kappa shape index (κ3) is 6.48. The first-order chi connectivity index (χ1) is 13.7. The zero-order valence-electron chi connectivity index (χ0n) is 16.5. The fourth-order valence-corrected chi connectivity index (χ4v) is 3.47. The average molecular weight is 383 g/mol. The molecule has 1 fully saturated rings. The molecule has 0 aliphatic heterocycles. The second-order valence-corrected chi connectivity index (χ2v) is 7.18. The summed E-state index contributed by atoms with van der Waals surface area (Å²) >= 11 is 0. The molecule has 0 atom stereocenters. The lowest BCUT2D eigenvalue weighted by Crippen LogP contribution is -2.20. The van der Waals surface area contributed by atoms with Gasteiger partial charge in [-0.3, -0.25) is 4.79 Å². The van der Waals surface area contributed by atoms with E-state index in [9.17, 15) is 4.79 Å². The van der Waals surface area contributed by atoms with E-state index < -0.39 is 0 Å². The molecule has 2 aromatic carbocycles. The number of carbonyl (C=O) groups is 1. The van der Waals surface area contributed by atoms with Gasteiger partial charge in [0, 0.05) is 5.69 Å². The van der Waals surface area contributed by atoms with Crippen LogP contribution in [-0.4, -0.2) is 26.2 Å². The van der Waals surface area contributed by atoms with Crippen LogP contribution in [0.4, 0.5) is 5.69 Å². The molecule has 5 nitrogen and oxygen atoms in total. The van der Waals surface area contributed by atoms with Gasteiger partial charge in [-0.25, -0.2) is 0 Å². The summed E-state index contributed by atoms with van der Waals surface area (Å²) in [6.45, 7) is 0.706. The Balaban J connectivity index is 1.37. The van der Waals surface area contributed by atoms with E-state index in [1.807, 2.05) is 24.3 Å². The number of hydrogen-bond acceptors (Lipinski definition) is 4. The Kier molecular flexibility index (Phi) is 7.59. The van der Waals surface area contributed by atoms with E-state index in [0.29, 0.717) is 5.75 Å². The maximum absolute atomic E-state index is 12.0. The normalized spacial score (nSPS) is 14.3. The lowest BCUT2D eigenvalue weighted by molar-refractivity contribution is -0.118. The average Bonchev–Trinajstić information content (AvgIpc) is 2.75. The third-order valence-electron chi connectivity index (χ3n) is 5.09. The minimum atomic E-state index is -0.207. The van der Waals surface area contributed by atoms with Gasteiger partial charge in [-0.2, -0.15) is 0 Å². The number of anilines is 1. The van der Waals surface area contributed by atoms with E-state index in [4.69, 9.17) is 14.2 Å². The summed E-state index contributed by atoms with van der Waals surface area (Å²) < 4.78 is 16.4. The Hall–Kier alpha value is -2.69. The largest absolute Gasteiger partial charge is 0.497 e. The summed E-state index contributed by atoms with van der Waals surface area (Å²) in [6.07, 6.45) is 7.92. The van der Waals surface area contributed by atoms with Crippen molar-refractivity contribution in [3.05, 3.63) is 48.5 Å². The van der Waals surface area contributed by atoms with Crippen LogP contribution in [-0.2, 0) is 4.79 Å². The molecule has 0 unspecified atom stereocenters. The molecule has 28 heavy (non-hydrogen) atoms. The van der Waals surface area contributed by atoms with Crippen molar-refractivity contribution in [3.63, 3.8) is 0 Å². The molecule has 1 N–H and O–H groups in total. The number of methoxy groups -OCH3 is 1. The standard InChI is InChI=1S/C23H29NO4/c1-26-20-11-13-22(14-12-20)28-17-23(25)24-19-7-9-21(10-8-19)27-16-15-18-5-3-2-4-6-18/h7-14,18H,2-6,15-17H2,1H3,(H,24,25). The van der Waals surface area contributed by atoms with Crippen molar-refractivity contribution in [2.24, 2.45) is 5.92 Å². The van der Waals surface area contributed by atoms with Crippen LogP contribution in [0, 0.1) is 5.92 Å². The van der Waals surface area contributed by atoms with Crippen molar-refractivity contribution in [1.29, 1.82) is 0 Å². The predicted octanol–water partition coefficient (Wildman–Crippen LogP) is 5.06. The molecule has 0 bridgehead atoms. The summed E-state index contributed by atoms with van der Waals surface area (Å²) in [6, 6.07) is 14.6. The van der Waals surface area contributed by atoms with Gasteiger partial charge in [-0.05, 0) is 60.9 Å². The number of rotatable bonds is 9. The second kappa shape index (κ2) is 10.6. The van der Waals surface area contributed by atoms with Crippen LogP contribution in [0.3, 0.4) is 0 Å². The third-order valence-corrected chi connectivity index (χ3v) is 5.09. The molecule has 150 valence electrons. The van der Waals surface area contributed by atoms with Gasteiger partial charge in [0.05, 0.1) is 13.7 Å². The SMILES string of the molecule is COc1ccc(OCC(=O)Nc2ccc(OCCC3CCCCC3)cc2)cc1. The number of hydrogen-bond donors (Lipinski definition) is 1. The maximum atomic E-state index is 12.0. The topological polar surface area (TPSA) is 56.8 Å². The van der Waals surface area contributed by atoms with Crippen molar-refractivity contribution >= 4 is 11.6 Å². The van der Waals surface area contributed by atoms with E-state index >= 15 is 0 Å². The van der Waals surface area contributed by atoms with Crippen molar-refractivity contribution < 1.29 is 19.0 Å². The number of amides is 1. The highest BCUT2D eigenvalue weighted by Crippen LogP contribution is 2.26. The lowest BCUT2D eigenvalue weighted by atomic mass is 9.87. The van der Waals surface area contributed by atoms with Crippen LogP contribution in [0.5, 0.6) is 17.2 Å². The molecular formula is C23H29NO4. The Morgan fingerprint density at radius 3 is 2.18 bits per heavy atom. The number of benzene rings is 2. The van der Waals surface area contributed by atoms with Gasteiger partial charge in [0.25, 0.3) is 5.91 Å². The summed E-state index contributed by atoms with van der Waals surface area (Å²) in [5.41, 5.74) is 0.725. The van der Waals surface area contributed by atoms with Gasteiger partial charge in [-0.1, -0.05) is 32.1 Å². The van der Waals surface area contributed by atoms with Gasteiger partial charge in [-0.15, -0.1) is 0 Å². The number of nitrogens with one attached hydrogen (secondary N) is 1. The van der Waals surface area contributed by atoms with Crippen molar-refractivity contribution in [3.8, 4) is 17.2 Å². The molecule has 2 aromatic rings. The highest BCUT2D eigenvalue weighted by Gasteiger charge is 2.13. The molecule has 0 saturated heterocycles. The molecule has 0 aromatic heterocycles. The zero-order chi connectivity index (χ0) is 19.6. The molecule has 1 amide bonds. The van der Waals surface area contributed by atoms with Crippen LogP contribution >= 0.6 is 0 Å². The van der Waals surface area contributed by atoms with Gasteiger partial charge >= 0.3 is 0 Å². The van der Waals surface area contributed by atoms with Crippen LogP contribution in [0.2, 0.25) is 0 Å². The van der Waals surface area contributed by atoms with E-state index in [0.717, 1.165) is 36.1 Å². The number of ether oxygens (including phenoxy) is 3. The molecule has 1 aliphatic rings. The van der Waals surface area contributed by atoms with Gasteiger partial charge in [0.2, 0.25) is 0 Å². The van der Waals surface area contributed by atoms with Crippen molar-refractivity contribution in [1.82, 2.24) is 0 Å². The van der Waals surface area contributed by atoms with Gasteiger partial charge < -0.3 is 19.5 Å². The van der Waals surface area contributed by atoms with Crippen LogP contribution in [0.15, 0.2) is 48.5 Å². The van der Waals surface area contributed by atoms with E-state index in [1.165, 1.54) is 32.1 Å². The Morgan fingerprint density at radius 1 is 0.893 bits per heavy atom. The minimum absolute atomic E-state index is 0.0496. The fraction of sp³-hybridized carbons (Fsp3) is 0.435. The molecule has 0 spiro atoms. The van der Waals surface area contributed by atoms with Crippen LogP contribution < -0.4 is 19.5 Å². The molecule has 1 aliphatic carbocycles. The number of carbonyl (C=O) groups excluding carboxylic acids is 1. The summed E-state index contributed by atoms with van der Waals surface area (Å²) in [5, 5.41) is 2.83. The summed E-state index contributed by atoms with van der Waals surface area (Å²) in [5.74, 6) is 2.82. The lowest BCUT2D eigenvalue weighted by Gasteiger charge is -2.21. The predicted molar refractivity (Wildman–Crippen MR) is 110 cm³/mol. The zero-order valence-corrected chi connectivity index (χ0v) is 16.5. The highest BCUT2D eigenvalue weighted by atomic mass is 16.5. The summed E-state index contributed by atoms with van der Waals surface area (Å²) in [4.78, 5) is 12.0. The van der Waals surface area contributed by atoms with Crippen LogP contribution in [0.1, 0.15) is 38.5 Å². The van der Waals surface area contributed by atoms with Crippen LogP contribution in [0.25, 0.3) is 0 Å². The maximum Gasteiger partial charge on any atom is 0.262 e. The fourth-order valence-electron chi connectivity index (χ4n) is 3.47. The first-order valence-electron chi connectivity index (χ1n) is 10.0. The first kappa shape index (κ1) is 20.1. The Labute approximate surface area is 167 Å². The van der Waals surface area contributed by atoms with E-state index in [2.05, 4.69) is 5.32 Å². The minimum Gasteiger partial charge on any atom is -0.497 e. The summed E-state index contributed by atoms with van der Waals surface area (Å²) in [7, 11) is 1.61. The van der Waals surface area contributed by atoms with E-state index in [-0.39, 0.29) is 12.5 Å². The Bertz CT molecular complexity index is 721. The van der Waals surface area contributed by atoms with Crippen molar-refractivity contribution in [2.45, 2.75) is 38.5 Å². The molecule has 3 rings (SSSR count). The van der Waals surface area contributed by atoms with E-state index in [1.54, 1.807) is 31.4 Å². The van der Waals surface area contributed by atoms with Crippen molar-refractivity contribution in [2.75, 3.05) is 25.6 Å². The smallest absolute Gasteiger partial charge is 0.262 e. The highest BCUT2D eigenvalue weighted by molar-refractivity contribution is 5.91. The second-order valence-electron chi connectivity index (χ2n) is 7.18. The van der Waals surface area contributed by atoms with Gasteiger partial charge in [0.1, 0.15) is 17.2 Å².